The number of rotatable bonds is 6. The molecular formula is C11H22N2O2. The topological polar surface area (TPSA) is 47.7 Å². The first-order chi connectivity index (χ1) is 7.26. The van der Waals surface area contributed by atoms with Gasteiger partial charge in [0.15, 0.2) is 0 Å². The summed E-state index contributed by atoms with van der Waals surface area (Å²) in [5.41, 5.74) is 7.29. The van der Waals surface area contributed by atoms with Gasteiger partial charge in [0.25, 0.3) is 0 Å². The van der Waals surface area contributed by atoms with E-state index in [1.807, 2.05) is 0 Å². The first-order valence-electron chi connectivity index (χ1n) is 5.40. The lowest BCUT2D eigenvalue weighted by atomic mass is 10.1. The molecule has 0 aromatic carbocycles. The molecule has 1 aliphatic heterocycles. The van der Waals surface area contributed by atoms with Gasteiger partial charge in [-0.25, -0.2) is 0 Å². The van der Waals surface area contributed by atoms with Gasteiger partial charge in [-0.15, -0.1) is 0 Å². The Labute approximate surface area is 92.0 Å². The molecule has 88 valence electrons. The van der Waals surface area contributed by atoms with Crippen molar-refractivity contribution >= 4 is 0 Å². The van der Waals surface area contributed by atoms with Crippen LogP contribution in [-0.2, 0) is 9.47 Å². The predicted molar refractivity (Wildman–Crippen MR) is 60.9 cm³/mol. The third kappa shape index (κ3) is 4.75. The highest BCUT2D eigenvalue weighted by Gasteiger charge is 2.14. The molecule has 0 radical (unpaired) electrons. The Morgan fingerprint density at radius 1 is 1.47 bits per heavy atom. The van der Waals surface area contributed by atoms with Crippen molar-refractivity contribution in [3.63, 3.8) is 0 Å². The summed E-state index contributed by atoms with van der Waals surface area (Å²) < 4.78 is 10.1. The lowest BCUT2D eigenvalue weighted by Gasteiger charge is -2.28. The van der Waals surface area contributed by atoms with Crippen LogP contribution in [0.25, 0.3) is 0 Å². The minimum atomic E-state index is 0.118. The zero-order valence-electron chi connectivity index (χ0n) is 9.74. The van der Waals surface area contributed by atoms with Crippen molar-refractivity contribution in [1.82, 2.24) is 4.90 Å². The van der Waals surface area contributed by atoms with Crippen molar-refractivity contribution in [1.29, 1.82) is 0 Å². The summed E-state index contributed by atoms with van der Waals surface area (Å²) in [6.45, 7) is 4.36. The van der Waals surface area contributed by atoms with Crippen molar-refractivity contribution in [2.45, 2.75) is 12.5 Å². The molecule has 1 atom stereocenters. The van der Waals surface area contributed by atoms with E-state index in [4.69, 9.17) is 15.2 Å². The maximum Gasteiger partial charge on any atom is 0.0673 e. The SMILES string of the molecule is COCC1=CCN(CC(N)COC)CC1. The fourth-order valence-electron chi connectivity index (χ4n) is 1.83. The Balaban J connectivity index is 2.24. The van der Waals surface area contributed by atoms with Gasteiger partial charge in [-0.1, -0.05) is 6.08 Å². The van der Waals surface area contributed by atoms with Crippen molar-refractivity contribution in [3.8, 4) is 0 Å². The Morgan fingerprint density at radius 3 is 2.80 bits per heavy atom. The van der Waals surface area contributed by atoms with E-state index in [9.17, 15) is 0 Å². The van der Waals surface area contributed by atoms with Crippen molar-refractivity contribution in [2.24, 2.45) is 5.73 Å². The molecule has 0 saturated heterocycles. The quantitative estimate of drug-likeness (QED) is 0.643. The summed E-state index contributed by atoms with van der Waals surface area (Å²) in [4.78, 5) is 2.35. The molecule has 1 unspecified atom stereocenters. The Hall–Kier alpha value is -0.420. The summed E-state index contributed by atoms with van der Waals surface area (Å²) in [6, 6.07) is 0.118. The van der Waals surface area contributed by atoms with Crippen LogP contribution in [0.2, 0.25) is 0 Å². The average Bonchev–Trinajstić information content (AvgIpc) is 2.22. The molecule has 0 bridgehead atoms. The molecule has 0 saturated carbocycles. The average molecular weight is 214 g/mol. The molecule has 0 aliphatic carbocycles. The fourth-order valence-corrected chi connectivity index (χ4v) is 1.83. The van der Waals surface area contributed by atoms with E-state index < -0.39 is 0 Å². The summed E-state index contributed by atoms with van der Waals surface area (Å²) in [5.74, 6) is 0. The van der Waals surface area contributed by atoms with Gasteiger partial charge in [-0.3, -0.25) is 4.90 Å². The molecule has 1 aliphatic rings. The van der Waals surface area contributed by atoms with Crippen molar-refractivity contribution < 1.29 is 9.47 Å². The van der Waals surface area contributed by atoms with Crippen LogP contribution >= 0.6 is 0 Å². The van der Waals surface area contributed by atoms with Gasteiger partial charge in [-0.05, 0) is 12.0 Å². The van der Waals surface area contributed by atoms with Crippen LogP contribution in [0.5, 0.6) is 0 Å². The minimum absolute atomic E-state index is 0.118. The molecule has 1 rings (SSSR count). The lowest BCUT2D eigenvalue weighted by Crippen LogP contribution is -2.42. The number of methoxy groups -OCH3 is 2. The lowest BCUT2D eigenvalue weighted by molar-refractivity contribution is 0.154. The van der Waals surface area contributed by atoms with Gasteiger partial charge < -0.3 is 15.2 Å². The first-order valence-corrected chi connectivity index (χ1v) is 5.40. The molecule has 1 heterocycles. The predicted octanol–water partition coefficient (Wildman–Crippen LogP) is 0.239. The number of ether oxygens (including phenoxy) is 2. The second-order valence-electron chi connectivity index (χ2n) is 4.02. The molecule has 15 heavy (non-hydrogen) atoms. The van der Waals surface area contributed by atoms with Crippen LogP contribution < -0.4 is 5.73 Å². The van der Waals surface area contributed by atoms with Gasteiger partial charge in [-0.2, -0.15) is 0 Å². The van der Waals surface area contributed by atoms with Gasteiger partial charge in [0.1, 0.15) is 0 Å². The van der Waals surface area contributed by atoms with Crippen LogP contribution in [-0.4, -0.2) is 58.0 Å². The van der Waals surface area contributed by atoms with E-state index in [1.54, 1.807) is 14.2 Å². The van der Waals surface area contributed by atoms with Crippen LogP contribution in [0.4, 0.5) is 0 Å². The smallest absolute Gasteiger partial charge is 0.0673 e. The summed E-state index contributed by atoms with van der Waals surface area (Å²) in [5, 5.41) is 0. The second kappa shape index (κ2) is 6.95. The molecule has 0 fully saturated rings. The summed E-state index contributed by atoms with van der Waals surface area (Å²) in [7, 11) is 3.42. The van der Waals surface area contributed by atoms with Gasteiger partial charge in [0.05, 0.1) is 13.2 Å². The van der Waals surface area contributed by atoms with Crippen LogP contribution in [0.1, 0.15) is 6.42 Å². The molecule has 4 heteroatoms. The van der Waals surface area contributed by atoms with Crippen LogP contribution in [0.15, 0.2) is 11.6 Å². The zero-order valence-corrected chi connectivity index (χ0v) is 9.74. The number of hydrogen-bond donors (Lipinski definition) is 1. The Kier molecular flexibility index (Phi) is 5.86. The molecule has 0 amide bonds. The van der Waals surface area contributed by atoms with Crippen molar-refractivity contribution in [2.75, 3.05) is 47.1 Å². The van der Waals surface area contributed by atoms with Gasteiger partial charge in [0, 0.05) is 39.9 Å². The highest BCUT2D eigenvalue weighted by atomic mass is 16.5. The highest BCUT2D eigenvalue weighted by molar-refractivity contribution is 5.07. The minimum Gasteiger partial charge on any atom is -0.383 e. The Bertz CT molecular complexity index is 207. The molecule has 0 aromatic heterocycles. The third-order valence-electron chi connectivity index (χ3n) is 2.59. The molecule has 2 N–H and O–H groups in total. The van der Waals surface area contributed by atoms with E-state index in [0.29, 0.717) is 6.61 Å². The zero-order chi connectivity index (χ0) is 11.1. The fraction of sp³-hybridized carbons (Fsp3) is 0.818. The van der Waals surface area contributed by atoms with Crippen LogP contribution in [0, 0.1) is 0 Å². The van der Waals surface area contributed by atoms with Crippen LogP contribution in [0.3, 0.4) is 0 Å². The number of nitrogens with two attached hydrogens (primary N) is 1. The summed E-state index contributed by atoms with van der Waals surface area (Å²) >= 11 is 0. The third-order valence-corrected chi connectivity index (χ3v) is 2.59. The van der Waals surface area contributed by atoms with E-state index >= 15 is 0 Å². The molecule has 0 aromatic rings. The largest absolute Gasteiger partial charge is 0.383 e. The summed E-state index contributed by atoms with van der Waals surface area (Å²) in [6.07, 6.45) is 3.33. The standard InChI is InChI=1S/C11H22N2O2/c1-14-8-10-3-5-13(6-4-10)7-11(12)9-15-2/h3,11H,4-9,12H2,1-2H3. The molecule has 4 nitrogen and oxygen atoms in total. The first kappa shape index (κ1) is 12.6. The van der Waals surface area contributed by atoms with E-state index in [1.165, 1.54) is 5.57 Å². The second-order valence-corrected chi connectivity index (χ2v) is 4.02. The van der Waals surface area contributed by atoms with Gasteiger partial charge >= 0.3 is 0 Å². The van der Waals surface area contributed by atoms with Crippen molar-refractivity contribution in [3.05, 3.63) is 11.6 Å². The number of hydrogen-bond acceptors (Lipinski definition) is 4. The molecule has 0 spiro atoms. The van der Waals surface area contributed by atoms with Gasteiger partial charge in [0.2, 0.25) is 0 Å². The maximum absolute atomic E-state index is 5.90. The van der Waals surface area contributed by atoms with E-state index in [-0.39, 0.29) is 6.04 Å². The monoisotopic (exact) mass is 214 g/mol. The van der Waals surface area contributed by atoms with E-state index in [0.717, 1.165) is 32.7 Å². The normalized spacial score (nSPS) is 20.1. The highest BCUT2D eigenvalue weighted by Crippen LogP contribution is 2.10. The Morgan fingerprint density at radius 2 is 2.27 bits per heavy atom. The number of nitrogens with zero attached hydrogens (tertiary/aromatic N) is 1. The van der Waals surface area contributed by atoms with E-state index in [2.05, 4.69) is 11.0 Å². The maximum atomic E-state index is 5.90. The molecular weight excluding hydrogens is 192 g/mol.